The van der Waals surface area contributed by atoms with E-state index >= 15 is 0 Å². The minimum absolute atomic E-state index is 0.383. The summed E-state index contributed by atoms with van der Waals surface area (Å²) < 4.78 is 6.47. The average Bonchev–Trinajstić information content (AvgIpc) is 2.88. The number of hydrogen-bond donors (Lipinski definition) is 0. The Bertz CT molecular complexity index is 638. The Balaban J connectivity index is 2.84. The highest BCUT2D eigenvalue weighted by Gasteiger charge is 2.15. The molecule has 1 aromatic carbocycles. The van der Waals surface area contributed by atoms with Gasteiger partial charge in [0.15, 0.2) is 0 Å². The second-order valence-corrected chi connectivity index (χ2v) is 13.6. The predicted molar refractivity (Wildman–Crippen MR) is 172 cm³/mol. The monoisotopic (exact) mass is 530 g/mol. The van der Waals surface area contributed by atoms with Crippen LogP contribution in [-0.4, -0.2) is 16.0 Å². The minimum atomic E-state index is 0.383. The molecular formula is C35H66OSi. The zero-order valence-electron chi connectivity index (χ0n) is 26.1. The Morgan fingerprint density at radius 1 is 0.514 bits per heavy atom. The van der Waals surface area contributed by atoms with Crippen LogP contribution in [0.3, 0.4) is 0 Å². The van der Waals surface area contributed by atoms with E-state index in [1.807, 2.05) is 0 Å². The number of ether oxygens (including phenoxy) is 1. The number of hydrogen-bond acceptors (Lipinski definition) is 1. The van der Waals surface area contributed by atoms with Crippen LogP contribution in [0.4, 0.5) is 0 Å². The van der Waals surface area contributed by atoms with Crippen LogP contribution in [-0.2, 0) is 19.3 Å². The lowest BCUT2D eigenvalue weighted by atomic mass is 9.89. The van der Waals surface area contributed by atoms with Crippen molar-refractivity contribution < 1.29 is 4.74 Å². The van der Waals surface area contributed by atoms with Gasteiger partial charge in [-0.05, 0) is 68.2 Å². The summed E-state index contributed by atoms with van der Waals surface area (Å²) in [4.78, 5) is 0. The van der Waals surface area contributed by atoms with Gasteiger partial charge in [-0.15, -0.1) is 0 Å². The molecule has 0 aliphatic carbocycles. The Morgan fingerprint density at radius 2 is 0.892 bits per heavy atom. The van der Waals surface area contributed by atoms with Crippen LogP contribution in [0.25, 0.3) is 0 Å². The van der Waals surface area contributed by atoms with Gasteiger partial charge in [0.25, 0.3) is 0 Å². The van der Waals surface area contributed by atoms with E-state index in [1.54, 1.807) is 16.7 Å². The zero-order valence-corrected chi connectivity index (χ0v) is 28.1. The van der Waals surface area contributed by atoms with Crippen molar-refractivity contribution in [3.8, 4) is 5.75 Å². The van der Waals surface area contributed by atoms with E-state index in [4.69, 9.17) is 4.74 Å². The third-order valence-electron chi connectivity index (χ3n) is 7.96. The smallest absolute Gasteiger partial charge is 0.122 e. The molecule has 1 unspecified atom stereocenters. The Kier molecular flexibility index (Phi) is 22.5. The molecule has 0 heterocycles. The van der Waals surface area contributed by atoms with E-state index in [0.29, 0.717) is 5.73 Å². The van der Waals surface area contributed by atoms with Crippen molar-refractivity contribution in [2.75, 3.05) is 0 Å². The molecule has 0 aliphatic rings. The first-order valence-corrected chi connectivity index (χ1v) is 18.1. The molecular weight excluding hydrogens is 464 g/mol. The number of unbranched alkanes of at least 4 members (excludes halogenated alkanes) is 18. The third kappa shape index (κ3) is 17.4. The van der Waals surface area contributed by atoms with Crippen molar-refractivity contribution in [3.63, 3.8) is 0 Å². The van der Waals surface area contributed by atoms with Gasteiger partial charge in [-0.25, -0.2) is 0 Å². The topological polar surface area (TPSA) is 9.23 Å². The van der Waals surface area contributed by atoms with Crippen LogP contribution >= 0.6 is 0 Å². The molecule has 0 amide bonds. The van der Waals surface area contributed by atoms with Crippen molar-refractivity contribution in [1.29, 1.82) is 0 Å². The first-order valence-electron chi connectivity index (χ1n) is 16.9. The van der Waals surface area contributed by atoms with Gasteiger partial charge < -0.3 is 4.74 Å². The molecule has 0 aromatic heterocycles. The van der Waals surface area contributed by atoms with E-state index in [-0.39, 0.29) is 0 Å². The van der Waals surface area contributed by atoms with Crippen molar-refractivity contribution in [3.05, 3.63) is 28.8 Å². The molecule has 1 atom stereocenters. The lowest BCUT2D eigenvalue weighted by Gasteiger charge is -2.21. The number of benzene rings is 1. The predicted octanol–water partition coefficient (Wildman–Crippen LogP) is 10.7. The lowest BCUT2D eigenvalue weighted by molar-refractivity contribution is 0.296. The Labute approximate surface area is 236 Å². The van der Waals surface area contributed by atoms with Crippen LogP contribution in [0.2, 0.25) is 0 Å². The number of aryl methyl sites for hydroxylation is 1. The van der Waals surface area contributed by atoms with Crippen LogP contribution in [0, 0.1) is 0 Å². The number of rotatable bonds is 26. The van der Waals surface area contributed by atoms with Crippen molar-refractivity contribution in [2.24, 2.45) is 0 Å². The third-order valence-corrected chi connectivity index (χ3v) is 8.19. The molecule has 1 rings (SSSR count). The Morgan fingerprint density at radius 3 is 1.32 bits per heavy atom. The molecule has 0 spiro atoms. The van der Waals surface area contributed by atoms with Crippen molar-refractivity contribution in [1.82, 2.24) is 0 Å². The van der Waals surface area contributed by atoms with E-state index in [1.165, 1.54) is 160 Å². The van der Waals surface area contributed by atoms with E-state index < -0.39 is 0 Å². The zero-order chi connectivity index (χ0) is 27.0. The molecule has 0 radical (unpaired) electrons. The van der Waals surface area contributed by atoms with Crippen molar-refractivity contribution in [2.45, 2.75) is 188 Å². The normalized spacial score (nSPS) is 12.3. The van der Waals surface area contributed by atoms with E-state index in [2.05, 4.69) is 39.8 Å². The fourth-order valence-electron chi connectivity index (χ4n) is 5.69. The summed E-state index contributed by atoms with van der Waals surface area (Å²) in [5.74, 6) is 1.22. The summed E-state index contributed by atoms with van der Waals surface area (Å²) in [6.45, 7) is 9.18. The quantitative estimate of drug-likeness (QED) is 0.0854. The largest absolute Gasteiger partial charge is 0.495 e. The fourth-order valence-corrected chi connectivity index (χ4v) is 5.95. The average molecular weight is 531 g/mol. The first-order chi connectivity index (χ1) is 18.1. The van der Waals surface area contributed by atoms with Crippen LogP contribution < -0.4 is 4.74 Å². The van der Waals surface area contributed by atoms with Crippen LogP contribution in [0.1, 0.15) is 179 Å². The molecule has 0 saturated heterocycles. The van der Waals surface area contributed by atoms with Crippen LogP contribution in [0.5, 0.6) is 5.75 Å². The van der Waals surface area contributed by atoms with Gasteiger partial charge in [-0.3, -0.25) is 0 Å². The standard InChI is InChI=1S/C35H66OSi/c1-5-8-11-14-17-20-23-26-32-29-30-35(36-31(4)37)34(28-25-22-19-16-13-10-7-3)33(32)27-24-21-18-15-12-9-6-2/h29-31H,5-28H2,1-4,37H3. The summed E-state index contributed by atoms with van der Waals surface area (Å²) in [6.07, 6.45) is 32.9. The molecule has 37 heavy (non-hydrogen) atoms. The van der Waals surface area contributed by atoms with Gasteiger partial charge in [0.1, 0.15) is 5.75 Å². The van der Waals surface area contributed by atoms with Gasteiger partial charge in [0.05, 0.1) is 16.0 Å². The van der Waals surface area contributed by atoms with Gasteiger partial charge >= 0.3 is 0 Å². The summed E-state index contributed by atoms with van der Waals surface area (Å²) in [5, 5.41) is 0. The molecule has 0 fully saturated rings. The summed E-state index contributed by atoms with van der Waals surface area (Å²) in [5.41, 5.74) is 5.30. The molecule has 2 heteroatoms. The molecule has 1 nitrogen and oxygen atoms in total. The summed E-state index contributed by atoms with van der Waals surface area (Å²) in [7, 11) is 1.09. The first kappa shape index (κ1) is 34.3. The van der Waals surface area contributed by atoms with Gasteiger partial charge in [-0.1, -0.05) is 142 Å². The minimum Gasteiger partial charge on any atom is -0.495 e. The van der Waals surface area contributed by atoms with Gasteiger partial charge in [0.2, 0.25) is 0 Å². The second-order valence-electron chi connectivity index (χ2n) is 12.0. The molecule has 0 saturated carbocycles. The van der Waals surface area contributed by atoms with Gasteiger partial charge in [0, 0.05) is 0 Å². The SMILES string of the molecule is CCCCCCCCCc1ccc(OC(C)[SiH3])c(CCCCCCCCC)c1CCCCCCCCC. The molecule has 0 aliphatic heterocycles. The molecule has 216 valence electrons. The van der Waals surface area contributed by atoms with E-state index in [9.17, 15) is 0 Å². The maximum Gasteiger partial charge on any atom is 0.122 e. The Hall–Kier alpha value is -0.763. The molecule has 0 N–H and O–H groups in total. The highest BCUT2D eigenvalue weighted by molar-refractivity contribution is 6.10. The van der Waals surface area contributed by atoms with Gasteiger partial charge in [-0.2, -0.15) is 0 Å². The van der Waals surface area contributed by atoms with Crippen LogP contribution in [0.15, 0.2) is 12.1 Å². The maximum atomic E-state index is 6.47. The summed E-state index contributed by atoms with van der Waals surface area (Å²) in [6, 6.07) is 4.79. The lowest BCUT2D eigenvalue weighted by Crippen LogP contribution is -2.14. The fraction of sp³-hybridized carbons (Fsp3) is 0.829. The summed E-state index contributed by atoms with van der Waals surface area (Å²) >= 11 is 0. The molecule has 0 bridgehead atoms. The molecule has 1 aromatic rings. The van der Waals surface area contributed by atoms with Crippen molar-refractivity contribution >= 4 is 10.2 Å². The van der Waals surface area contributed by atoms with E-state index in [0.717, 1.165) is 10.2 Å². The highest BCUT2D eigenvalue weighted by atomic mass is 28.1. The maximum absolute atomic E-state index is 6.47. The highest BCUT2D eigenvalue weighted by Crippen LogP contribution is 2.31. The second kappa shape index (κ2) is 24.3.